The number of amides is 4. The lowest BCUT2D eigenvalue weighted by atomic mass is 10.0. The molecule has 2 atom stereocenters. The monoisotopic (exact) mass is 614 g/mol. The number of rotatable bonds is 9. The zero-order chi connectivity index (χ0) is 32.0. The van der Waals surface area contributed by atoms with Crippen molar-refractivity contribution in [1.29, 1.82) is 0 Å². The van der Waals surface area contributed by atoms with Gasteiger partial charge in [-0.2, -0.15) is 0 Å². The van der Waals surface area contributed by atoms with E-state index in [0.29, 0.717) is 24.5 Å². The molecule has 0 fully saturated rings. The topological polar surface area (TPSA) is 126 Å². The number of benzene rings is 3. The number of ether oxygens (including phenoxy) is 2. The molecular formula is C35H42N4O6. The average Bonchev–Trinajstić information content (AvgIpc) is 3.07. The third-order valence-corrected chi connectivity index (χ3v) is 7.67. The van der Waals surface area contributed by atoms with Gasteiger partial charge in [0.15, 0.2) is 0 Å². The summed E-state index contributed by atoms with van der Waals surface area (Å²) in [7, 11) is 1.58. The third kappa shape index (κ3) is 9.82. The van der Waals surface area contributed by atoms with Crippen molar-refractivity contribution in [2.45, 2.75) is 57.7 Å². The van der Waals surface area contributed by atoms with Gasteiger partial charge in [0.2, 0.25) is 17.7 Å². The molecule has 4 amide bonds. The first-order valence-electron chi connectivity index (χ1n) is 15.4. The minimum Gasteiger partial charge on any atom is -0.497 e. The molecule has 4 rings (SSSR count). The van der Waals surface area contributed by atoms with Gasteiger partial charge in [0, 0.05) is 25.9 Å². The molecule has 238 valence electrons. The third-order valence-electron chi connectivity index (χ3n) is 7.67. The zero-order valence-corrected chi connectivity index (χ0v) is 25.9. The molecule has 1 aliphatic rings. The number of nitrogens with one attached hydrogen (secondary N) is 3. The molecule has 10 heteroatoms. The molecule has 0 aliphatic carbocycles. The van der Waals surface area contributed by atoms with Crippen LogP contribution in [-0.4, -0.2) is 67.4 Å². The summed E-state index contributed by atoms with van der Waals surface area (Å²) >= 11 is 0. The van der Waals surface area contributed by atoms with Crippen LogP contribution in [0.25, 0.3) is 0 Å². The summed E-state index contributed by atoms with van der Waals surface area (Å²) in [5.41, 5.74) is 2.02. The van der Waals surface area contributed by atoms with E-state index >= 15 is 0 Å². The second-order valence-corrected chi connectivity index (χ2v) is 11.0. The van der Waals surface area contributed by atoms with E-state index in [4.69, 9.17) is 9.47 Å². The zero-order valence-electron chi connectivity index (χ0n) is 25.9. The second kappa shape index (κ2) is 16.8. The summed E-state index contributed by atoms with van der Waals surface area (Å²) in [4.78, 5) is 55.7. The predicted octanol–water partition coefficient (Wildman–Crippen LogP) is 3.64. The largest absolute Gasteiger partial charge is 0.497 e. The minimum atomic E-state index is -1.01. The standard InChI is InChI=1S/C35H42N4O6/c1-3-4-20-39-21-22-45-31-13-9-8-12-28(31)33(41)38-29(34(42)36-24-26-14-16-27(44-2)17-15-26)18-19-32(40)37-30(35(39)43)23-25-10-6-5-7-11-25/h5-17,29-30H,3-4,18-24H2,1-2H3,(H,36,42)(H,37,40)(H,38,41)/t29-,30-/m0/s1. The molecule has 10 nitrogen and oxygen atoms in total. The van der Waals surface area contributed by atoms with Gasteiger partial charge in [-0.25, -0.2) is 0 Å². The molecule has 0 unspecified atom stereocenters. The van der Waals surface area contributed by atoms with Gasteiger partial charge in [0.05, 0.1) is 19.2 Å². The van der Waals surface area contributed by atoms with Crippen LogP contribution in [0.3, 0.4) is 0 Å². The first-order chi connectivity index (χ1) is 21.9. The normalized spacial score (nSPS) is 17.9. The van der Waals surface area contributed by atoms with E-state index in [9.17, 15) is 19.2 Å². The average molecular weight is 615 g/mol. The van der Waals surface area contributed by atoms with Crippen LogP contribution in [0.5, 0.6) is 11.5 Å². The number of fused-ring (bicyclic) bond motifs is 1. The highest BCUT2D eigenvalue weighted by Gasteiger charge is 2.29. The summed E-state index contributed by atoms with van der Waals surface area (Å²) in [5, 5.41) is 8.59. The Kier molecular flexibility index (Phi) is 12.4. The molecule has 0 spiro atoms. The van der Waals surface area contributed by atoms with Crippen molar-refractivity contribution in [2.75, 3.05) is 26.8 Å². The molecule has 0 radical (unpaired) electrons. The van der Waals surface area contributed by atoms with Gasteiger partial charge in [-0.05, 0) is 48.2 Å². The van der Waals surface area contributed by atoms with Crippen molar-refractivity contribution >= 4 is 23.6 Å². The number of hydrogen-bond donors (Lipinski definition) is 3. The Morgan fingerprint density at radius 3 is 2.42 bits per heavy atom. The number of nitrogens with zero attached hydrogens (tertiary/aromatic N) is 1. The van der Waals surface area contributed by atoms with Crippen molar-refractivity contribution in [1.82, 2.24) is 20.9 Å². The molecule has 0 aromatic heterocycles. The maximum absolute atomic E-state index is 13.9. The van der Waals surface area contributed by atoms with Crippen LogP contribution in [-0.2, 0) is 27.3 Å². The van der Waals surface area contributed by atoms with Crippen LogP contribution < -0.4 is 25.4 Å². The summed E-state index contributed by atoms with van der Waals surface area (Å²) in [5.74, 6) is -0.462. The number of carbonyl (C=O) groups is 4. The lowest BCUT2D eigenvalue weighted by Crippen LogP contribution is -2.51. The highest BCUT2D eigenvalue weighted by molar-refractivity contribution is 5.99. The fraction of sp³-hybridized carbons (Fsp3) is 0.371. The van der Waals surface area contributed by atoms with Crippen LogP contribution in [0.1, 0.15) is 54.1 Å². The van der Waals surface area contributed by atoms with Gasteiger partial charge < -0.3 is 30.3 Å². The Labute approximate surface area is 264 Å². The maximum atomic E-state index is 13.9. The smallest absolute Gasteiger partial charge is 0.255 e. The Morgan fingerprint density at radius 1 is 0.956 bits per heavy atom. The van der Waals surface area contributed by atoms with E-state index in [-0.39, 0.29) is 49.9 Å². The lowest BCUT2D eigenvalue weighted by molar-refractivity contribution is -0.137. The van der Waals surface area contributed by atoms with Crippen LogP contribution in [0.15, 0.2) is 78.9 Å². The van der Waals surface area contributed by atoms with Gasteiger partial charge in [-0.1, -0.05) is 67.9 Å². The van der Waals surface area contributed by atoms with Crippen molar-refractivity contribution < 1.29 is 28.7 Å². The van der Waals surface area contributed by atoms with Crippen molar-refractivity contribution in [3.8, 4) is 11.5 Å². The van der Waals surface area contributed by atoms with Gasteiger partial charge in [-0.3, -0.25) is 19.2 Å². The number of carbonyl (C=O) groups excluding carboxylic acids is 4. The molecule has 3 aromatic carbocycles. The van der Waals surface area contributed by atoms with E-state index in [2.05, 4.69) is 22.9 Å². The summed E-state index contributed by atoms with van der Waals surface area (Å²) in [6, 6.07) is 21.8. The van der Waals surface area contributed by atoms with Crippen molar-refractivity contribution in [3.05, 3.63) is 95.6 Å². The van der Waals surface area contributed by atoms with E-state index in [1.165, 1.54) is 0 Å². The fourth-order valence-electron chi connectivity index (χ4n) is 5.10. The van der Waals surface area contributed by atoms with E-state index in [1.54, 1.807) is 48.4 Å². The van der Waals surface area contributed by atoms with Gasteiger partial charge in [0.25, 0.3) is 5.91 Å². The molecule has 3 aromatic rings. The Hall–Kier alpha value is -4.86. The van der Waals surface area contributed by atoms with Crippen LogP contribution >= 0.6 is 0 Å². The number of hydrogen-bond acceptors (Lipinski definition) is 6. The predicted molar refractivity (Wildman–Crippen MR) is 171 cm³/mol. The molecule has 0 bridgehead atoms. The van der Waals surface area contributed by atoms with Crippen molar-refractivity contribution in [2.24, 2.45) is 0 Å². The maximum Gasteiger partial charge on any atom is 0.255 e. The van der Waals surface area contributed by atoms with Gasteiger partial charge >= 0.3 is 0 Å². The van der Waals surface area contributed by atoms with Crippen LogP contribution in [0.4, 0.5) is 0 Å². The van der Waals surface area contributed by atoms with Gasteiger partial charge in [0.1, 0.15) is 30.2 Å². The summed E-state index contributed by atoms with van der Waals surface area (Å²) < 4.78 is 11.2. The number of unbranched alkanes of at least 4 members (excludes halogenated alkanes) is 1. The Bertz CT molecular complexity index is 1430. The Balaban J connectivity index is 1.58. The van der Waals surface area contributed by atoms with E-state index in [0.717, 1.165) is 24.0 Å². The first-order valence-corrected chi connectivity index (χ1v) is 15.4. The van der Waals surface area contributed by atoms with E-state index < -0.39 is 23.9 Å². The molecular weight excluding hydrogens is 572 g/mol. The molecule has 0 saturated heterocycles. The van der Waals surface area contributed by atoms with Crippen LogP contribution in [0, 0.1) is 0 Å². The molecule has 3 N–H and O–H groups in total. The summed E-state index contributed by atoms with van der Waals surface area (Å²) in [6.07, 6.45) is 1.96. The van der Waals surface area contributed by atoms with Crippen molar-refractivity contribution in [3.63, 3.8) is 0 Å². The molecule has 45 heavy (non-hydrogen) atoms. The number of methoxy groups -OCH3 is 1. The summed E-state index contributed by atoms with van der Waals surface area (Å²) in [6.45, 7) is 3.22. The first kappa shape index (κ1) is 33.0. The highest BCUT2D eigenvalue weighted by Crippen LogP contribution is 2.19. The van der Waals surface area contributed by atoms with Gasteiger partial charge in [-0.15, -0.1) is 0 Å². The highest BCUT2D eigenvalue weighted by atomic mass is 16.5. The fourth-order valence-corrected chi connectivity index (χ4v) is 5.10. The Morgan fingerprint density at radius 2 is 1.69 bits per heavy atom. The quantitative estimate of drug-likeness (QED) is 0.338. The molecule has 1 heterocycles. The number of para-hydroxylation sites is 1. The second-order valence-electron chi connectivity index (χ2n) is 11.0. The SMILES string of the molecule is CCCCN1CCOc2ccccc2C(=O)N[C@H](C(=O)NCc2ccc(OC)cc2)CCC(=O)N[C@@H](Cc2ccccc2)C1=O. The lowest BCUT2D eigenvalue weighted by Gasteiger charge is -2.28. The molecule has 1 aliphatic heterocycles. The van der Waals surface area contributed by atoms with Crippen LogP contribution in [0.2, 0.25) is 0 Å². The van der Waals surface area contributed by atoms with E-state index in [1.807, 2.05) is 42.5 Å². The molecule has 0 saturated carbocycles. The minimum absolute atomic E-state index is 0.0286.